The number of ketones is 1. The summed E-state index contributed by atoms with van der Waals surface area (Å²) in [5, 5.41) is 0.673. The van der Waals surface area contributed by atoms with Gasteiger partial charge in [-0.25, -0.2) is 4.39 Å². The minimum absolute atomic E-state index is 0.0226. The summed E-state index contributed by atoms with van der Waals surface area (Å²) >= 11 is 4.14. The lowest BCUT2D eigenvalue weighted by atomic mass is 9.46. The van der Waals surface area contributed by atoms with Crippen molar-refractivity contribution in [1.29, 1.82) is 0 Å². The third-order valence-electron chi connectivity index (χ3n) is 10.2. The minimum Gasteiger partial charge on any atom is -0.459 e. The maximum absolute atomic E-state index is 17.8. The molecule has 0 amide bonds. The first-order valence-electron chi connectivity index (χ1n) is 13.1. The fourth-order valence-corrected chi connectivity index (χ4v) is 12.1. The summed E-state index contributed by atoms with van der Waals surface area (Å²) in [6.45, 7) is 5.71. The molecule has 0 aliphatic heterocycles. The summed E-state index contributed by atoms with van der Waals surface area (Å²) in [6.07, 6.45) is 17.0. The number of esters is 1. The molecule has 4 fully saturated rings. The molecule has 34 heavy (non-hydrogen) atoms. The van der Waals surface area contributed by atoms with Gasteiger partial charge < -0.3 is 4.74 Å². The summed E-state index contributed by atoms with van der Waals surface area (Å²) in [5.41, 5.74) is -1.86. The molecule has 0 bridgehead atoms. The first kappa shape index (κ1) is 24.9. The van der Waals surface area contributed by atoms with Crippen LogP contribution in [0.25, 0.3) is 0 Å². The Labute approximate surface area is 212 Å². The van der Waals surface area contributed by atoms with E-state index in [1.165, 1.54) is 45.1 Å². The van der Waals surface area contributed by atoms with Crippen LogP contribution in [0.15, 0.2) is 23.8 Å². The molecule has 1 unspecified atom stereocenters. The van der Waals surface area contributed by atoms with Crippen LogP contribution in [-0.4, -0.2) is 39.1 Å². The van der Waals surface area contributed by atoms with E-state index in [2.05, 4.69) is 24.9 Å². The van der Waals surface area contributed by atoms with Gasteiger partial charge in [0.05, 0.1) is 4.08 Å². The number of allylic oxidation sites excluding steroid dienone is 4. The Morgan fingerprint density at radius 1 is 1.12 bits per heavy atom. The number of halogens is 1. The number of alkyl halides is 1. The van der Waals surface area contributed by atoms with Crippen LogP contribution in [0.2, 0.25) is 0 Å². The van der Waals surface area contributed by atoms with Crippen LogP contribution >= 0.6 is 23.5 Å². The zero-order chi connectivity index (χ0) is 24.4. The molecular weight excluding hydrogens is 467 g/mol. The van der Waals surface area contributed by atoms with Crippen LogP contribution in [0.1, 0.15) is 85.0 Å². The van der Waals surface area contributed by atoms with Gasteiger partial charge in [-0.3, -0.25) is 9.59 Å². The number of hydrogen-bond donors (Lipinski definition) is 0. The molecule has 0 radical (unpaired) electrons. The molecule has 5 aliphatic carbocycles. The number of rotatable bonds is 4. The van der Waals surface area contributed by atoms with Crippen LogP contribution in [-0.2, 0) is 14.3 Å². The van der Waals surface area contributed by atoms with E-state index >= 15 is 4.39 Å². The van der Waals surface area contributed by atoms with E-state index in [-0.39, 0.29) is 27.1 Å². The van der Waals surface area contributed by atoms with Gasteiger partial charge in [0, 0.05) is 23.5 Å². The third kappa shape index (κ3) is 3.43. The van der Waals surface area contributed by atoms with E-state index in [0.29, 0.717) is 11.7 Å². The minimum atomic E-state index is -1.70. The van der Waals surface area contributed by atoms with E-state index in [0.717, 1.165) is 31.3 Å². The Kier molecular flexibility index (Phi) is 6.36. The lowest BCUT2D eigenvalue weighted by molar-refractivity contribution is -0.209. The number of carbonyl (C=O) groups excluding carboxylic acids is 2. The molecule has 7 atom stereocenters. The van der Waals surface area contributed by atoms with E-state index in [1.807, 2.05) is 18.7 Å². The predicted molar refractivity (Wildman–Crippen MR) is 139 cm³/mol. The van der Waals surface area contributed by atoms with E-state index < -0.39 is 23.2 Å². The van der Waals surface area contributed by atoms with Gasteiger partial charge in [-0.05, 0) is 81.6 Å². The maximum atomic E-state index is 17.8. The van der Waals surface area contributed by atoms with Crippen molar-refractivity contribution in [2.24, 2.45) is 22.7 Å². The topological polar surface area (TPSA) is 43.4 Å². The highest BCUT2D eigenvalue weighted by molar-refractivity contribution is 8.18. The van der Waals surface area contributed by atoms with Crippen LogP contribution < -0.4 is 0 Å². The van der Waals surface area contributed by atoms with Crippen molar-refractivity contribution in [1.82, 2.24) is 0 Å². The van der Waals surface area contributed by atoms with Crippen LogP contribution in [0.5, 0.6) is 0 Å². The van der Waals surface area contributed by atoms with Gasteiger partial charge >= 0.3 is 5.97 Å². The second kappa shape index (κ2) is 8.68. The summed E-state index contributed by atoms with van der Waals surface area (Å²) < 4.78 is 23.8. The van der Waals surface area contributed by atoms with Crippen LogP contribution in [0.4, 0.5) is 4.39 Å². The molecule has 0 N–H and O–H groups in total. The Balaban J connectivity index is 1.57. The summed E-state index contributed by atoms with van der Waals surface area (Å²) in [5.74, 6) is -0.412. The molecule has 188 valence electrons. The summed E-state index contributed by atoms with van der Waals surface area (Å²) in [6, 6.07) is 0. The van der Waals surface area contributed by atoms with E-state index in [4.69, 9.17) is 4.74 Å². The predicted octanol–water partition coefficient (Wildman–Crippen LogP) is 7.05. The highest BCUT2D eigenvalue weighted by Gasteiger charge is 2.74. The number of carbonyl (C=O) groups is 2. The lowest BCUT2D eigenvalue weighted by Gasteiger charge is -2.63. The van der Waals surface area contributed by atoms with Crippen LogP contribution in [0, 0.1) is 22.7 Å². The SMILES string of the molecule is CS[C@@]1(SC2CCCCC2)CC[C@H]2[C@@H]3CCC4=CC(=O)C=C[C@]4(C)C3(F)[C@@H](OC(C)=O)C[C@@]21C. The van der Waals surface area contributed by atoms with Gasteiger partial charge in [0.25, 0.3) is 0 Å². The Morgan fingerprint density at radius 3 is 2.53 bits per heavy atom. The summed E-state index contributed by atoms with van der Waals surface area (Å²) in [4.78, 5) is 24.5. The molecule has 6 heteroatoms. The largest absolute Gasteiger partial charge is 0.459 e. The van der Waals surface area contributed by atoms with Gasteiger partial charge in [-0.2, -0.15) is 0 Å². The second-order valence-corrected chi connectivity index (χ2v) is 14.7. The van der Waals surface area contributed by atoms with Crippen molar-refractivity contribution in [3.8, 4) is 0 Å². The van der Waals surface area contributed by atoms with E-state index in [9.17, 15) is 9.59 Å². The molecular formula is C28H39FO3S2. The first-order valence-corrected chi connectivity index (χ1v) is 15.2. The third-order valence-corrected chi connectivity index (χ3v) is 14.2. The average Bonchev–Trinajstić information content (AvgIpc) is 3.07. The number of fused-ring (bicyclic) bond motifs is 5. The van der Waals surface area contributed by atoms with Gasteiger partial charge in [-0.15, -0.1) is 23.5 Å². The Bertz CT molecular complexity index is 927. The zero-order valence-electron chi connectivity index (χ0n) is 21.0. The normalized spacial score (nSPS) is 46.3. The standard InChI is InChI=1S/C28H39FO3S2/c1-18(30)32-24-17-26(3)22(13-15-27(26,33-4)34-21-8-6-5-7-9-21)23-11-10-19-16-20(31)12-14-25(19,2)28(23,24)29/h12,14,16,21-24H,5-11,13,15,17H2,1-4H3/t22-,23-,24-,25-,26-,27+,28?/m0/s1. The highest BCUT2D eigenvalue weighted by atomic mass is 32.2. The van der Waals surface area contributed by atoms with Gasteiger partial charge in [0.1, 0.15) is 6.10 Å². The fraction of sp³-hybridized carbons (Fsp3) is 0.786. The maximum Gasteiger partial charge on any atom is 0.303 e. The fourth-order valence-electron chi connectivity index (χ4n) is 8.48. The van der Waals surface area contributed by atoms with Crippen LogP contribution in [0.3, 0.4) is 0 Å². The molecule has 0 saturated heterocycles. The van der Waals surface area contributed by atoms with Crippen molar-refractivity contribution >= 4 is 35.3 Å². The molecule has 0 aromatic heterocycles. The second-order valence-electron chi connectivity index (χ2n) is 11.7. The van der Waals surface area contributed by atoms with Gasteiger partial charge in [-0.1, -0.05) is 37.8 Å². The smallest absolute Gasteiger partial charge is 0.303 e. The molecule has 0 spiro atoms. The van der Waals surface area contributed by atoms with Crippen molar-refractivity contribution < 1.29 is 18.7 Å². The lowest BCUT2D eigenvalue weighted by Crippen LogP contribution is -2.68. The molecule has 0 aromatic rings. The zero-order valence-corrected chi connectivity index (χ0v) is 22.7. The highest BCUT2D eigenvalue weighted by Crippen LogP contribution is 2.74. The number of ether oxygens (including phenoxy) is 1. The number of thioether (sulfide) groups is 2. The summed E-state index contributed by atoms with van der Waals surface area (Å²) in [7, 11) is 0. The molecule has 5 rings (SSSR count). The first-order chi connectivity index (χ1) is 16.1. The van der Waals surface area contributed by atoms with Crippen molar-refractivity contribution in [3.05, 3.63) is 23.8 Å². The van der Waals surface area contributed by atoms with Gasteiger partial charge in [0.2, 0.25) is 0 Å². The van der Waals surface area contributed by atoms with Crippen molar-refractivity contribution in [2.75, 3.05) is 6.26 Å². The molecule has 0 heterocycles. The Hall–Kier alpha value is -0.750. The van der Waals surface area contributed by atoms with Crippen molar-refractivity contribution in [3.63, 3.8) is 0 Å². The quantitative estimate of drug-likeness (QED) is 0.302. The van der Waals surface area contributed by atoms with Crippen molar-refractivity contribution in [2.45, 2.75) is 106 Å². The molecule has 3 nitrogen and oxygen atoms in total. The van der Waals surface area contributed by atoms with Gasteiger partial charge in [0.15, 0.2) is 11.5 Å². The van der Waals surface area contributed by atoms with E-state index in [1.54, 1.807) is 12.2 Å². The average molecular weight is 507 g/mol. The molecule has 4 saturated carbocycles. The number of hydrogen-bond acceptors (Lipinski definition) is 5. The molecule has 0 aromatic carbocycles. The monoisotopic (exact) mass is 506 g/mol. The Morgan fingerprint density at radius 2 is 1.85 bits per heavy atom. The molecule has 5 aliphatic rings.